The molecule has 1 heterocycles. The van der Waals surface area contributed by atoms with Crippen LogP contribution < -0.4 is 4.90 Å². The van der Waals surface area contributed by atoms with Gasteiger partial charge in [0.05, 0.1) is 16.4 Å². The summed E-state index contributed by atoms with van der Waals surface area (Å²) >= 11 is 1.14. The van der Waals surface area contributed by atoms with Crippen LogP contribution in [0, 0.1) is 15.5 Å². The highest BCUT2D eigenvalue weighted by atomic mass is 32.2. The molecule has 16 heavy (non-hydrogen) atoms. The average molecular weight is 237 g/mol. The molecule has 0 spiro atoms. The number of nitrogens with zero attached hydrogens (tertiary/aromatic N) is 2. The number of nitrogens with one attached hydrogen (secondary N) is 1. The fraction of sp³-hybridized carbons (Fsp3) is 0.111. The molecule has 0 radical (unpaired) electrons. The number of thioether (sulfide) groups is 1. The minimum atomic E-state index is -0.504. The second-order valence-corrected chi connectivity index (χ2v) is 4.06. The van der Waals surface area contributed by atoms with Crippen LogP contribution in [-0.2, 0) is 4.79 Å². The highest BCUT2D eigenvalue weighted by Crippen LogP contribution is 2.26. The van der Waals surface area contributed by atoms with Crippen molar-refractivity contribution in [2.24, 2.45) is 0 Å². The summed E-state index contributed by atoms with van der Waals surface area (Å²) in [4.78, 5) is 22.6. The van der Waals surface area contributed by atoms with Crippen molar-refractivity contribution in [1.29, 1.82) is 5.41 Å². The molecule has 1 aromatic carbocycles. The van der Waals surface area contributed by atoms with Gasteiger partial charge in [-0.25, -0.2) is 0 Å². The van der Waals surface area contributed by atoms with E-state index in [1.165, 1.54) is 29.2 Å². The Hall–Kier alpha value is -1.89. The number of anilines is 1. The quantitative estimate of drug-likeness (QED) is 0.625. The van der Waals surface area contributed by atoms with Gasteiger partial charge in [-0.15, -0.1) is 0 Å². The highest BCUT2D eigenvalue weighted by Gasteiger charge is 2.28. The summed E-state index contributed by atoms with van der Waals surface area (Å²) in [6, 6.07) is 5.57. The van der Waals surface area contributed by atoms with Crippen LogP contribution in [-0.4, -0.2) is 21.8 Å². The first kappa shape index (κ1) is 10.6. The number of amides is 1. The van der Waals surface area contributed by atoms with E-state index in [0.717, 1.165) is 11.8 Å². The first-order chi connectivity index (χ1) is 7.59. The van der Waals surface area contributed by atoms with Gasteiger partial charge in [0.1, 0.15) is 0 Å². The van der Waals surface area contributed by atoms with Crippen molar-refractivity contribution in [1.82, 2.24) is 0 Å². The molecule has 1 aliphatic heterocycles. The number of rotatable bonds is 2. The summed E-state index contributed by atoms with van der Waals surface area (Å²) in [5.74, 6) is 0.0689. The second kappa shape index (κ2) is 3.93. The maximum Gasteiger partial charge on any atom is 0.269 e. The number of hydrogen-bond donors (Lipinski definition) is 1. The Bertz CT molecular complexity index is 455. The Kier molecular flexibility index (Phi) is 2.61. The molecule has 0 aliphatic carbocycles. The first-order valence-corrected chi connectivity index (χ1v) is 5.37. The van der Waals surface area contributed by atoms with Crippen LogP contribution in [0.2, 0.25) is 0 Å². The van der Waals surface area contributed by atoms with Crippen molar-refractivity contribution in [2.45, 2.75) is 0 Å². The highest BCUT2D eigenvalue weighted by molar-refractivity contribution is 8.15. The molecule has 0 bridgehead atoms. The Morgan fingerprint density at radius 2 is 2.00 bits per heavy atom. The molecule has 82 valence electrons. The third kappa shape index (κ3) is 1.76. The van der Waals surface area contributed by atoms with E-state index in [1.807, 2.05) is 0 Å². The standard InChI is InChI=1S/C9H7N3O3S/c10-9-11(8(13)5-16-9)6-1-3-7(4-2-6)12(14)15/h1-4,10H,5H2. The average Bonchev–Trinajstić information content (AvgIpc) is 2.59. The van der Waals surface area contributed by atoms with Gasteiger partial charge < -0.3 is 0 Å². The Morgan fingerprint density at radius 3 is 2.44 bits per heavy atom. The fourth-order valence-electron chi connectivity index (χ4n) is 1.36. The number of nitro groups is 1. The van der Waals surface area contributed by atoms with E-state index in [9.17, 15) is 14.9 Å². The van der Waals surface area contributed by atoms with Crippen molar-refractivity contribution in [3.8, 4) is 0 Å². The van der Waals surface area contributed by atoms with Crippen LogP contribution >= 0.6 is 11.8 Å². The molecule has 2 rings (SSSR count). The molecular weight excluding hydrogens is 230 g/mol. The predicted octanol–water partition coefficient (Wildman–Crippen LogP) is 1.61. The number of benzene rings is 1. The number of non-ortho nitro benzene ring substituents is 1. The summed E-state index contributed by atoms with van der Waals surface area (Å²) in [5.41, 5.74) is 0.458. The maximum atomic E-state index is 11.4. The number of carbonyl (C=O) groups is 1. The zero-order valence-electron chi connectivity index (χ0n) is 8.04. The Labute approximate surface area is 94.9 Å². The van der Waals surface area contributed by atoms with E-state index in [-0.39, 0.29) is 22.5 Å². The van der Waals surface area contributed by atoms with Crippen molar-refractivity contribution in [2.75, 3.05) is 10.7 Å². The van der Waals surface area contributed by atoms with E-state index in [2.05, 4.69) is 0 Å². The van der Waals surface area contributed by atoms with Gasteiger partial charge in [0.2, 0.25) is 5.91 Å². The molecule has 1 aliphatic rings. The molecule has 1 saturated heterocycles. The summed E-state index contributed by atoms with van der Waals surface area (Å²) in [5, 5.41) is 18.1. The zero-order valence-corrected chi connectivity index (χ0v) is 8.86. The van der Waals surface area contributed by atoms with Gasteiger partial charge in [0.25, 0.3) is 5.69 Å². The molecule has 0 atom stereocenters. The van der Waals surface area contributed by atoms with Gasteiger partial charge in [-0.1, -0.05) is 11.8 Å². The molecule has 1 fully saturated rings. The van der Waals surface area contributed by atoms with E-state index in [1.54, 1.807) is 0 Å². The van der Waals surface area contributed by atoms with E-state index >= 15 is 0 Å². The molecular formula is C9H7N3O3S. The molecule has 6 nitrogen and oxygen atoms in total. The lowest BCUT2D eigenvalue weighted by molar-refractivity contribution is -0.384. The third-order valence-corrected chi connectivity index (χ3v) is 2.95. The molecule has 1 amide bonds. The monoisotopic (exact) mass is 237 g/mol. The predicted molar refractivity (Wildman–Crippen MR) is 60.8 cm³/mol. The van der Waals surface area contributed by atoms with E-state index < -0.39 is 4.92 Å². The van der Waals surface area contributed by atoms with Gasteiger partial charge in [-0.3, -0.25) is 25.2 Å². The molecule has 0 unspecified atom stereocenters. The van der Waals surface area contributed by atoms with Crippen molar-refractivity contribution < 1.29 is 9.72 Å². The normalized spacial score (nSPS) is 15.6. The van der Waals surface area contributed by atoms with Crippen molar-refractivity contribution >= 4 is 34.2 Å². The Balaban J connectivity index is 2.31. The van der Waals surface area contributed by atoms with Gasteiger partial charge >= 0.3 is 0 Å². The Morgan fingerprint density at radius 1 is 1.38 bits per heavy atom. The maximum absolute atomic E-state index is 11.4. The largest absolute Gasteiger partial charge is 0.278 e. The van der Waals surface area contributed by atoms with Crippen LogP contribution in [0.15, 0.2) is 24.3 Å². The molecule has 7 heteroatoms. The summed E-state index contributed by atoms with van der Waals surface area (Å²) in [6.07, 6.45) is 0. The first-order valence-electron chi connectivity index (χ1n) is 4.38. The lowest BCUT2D eigenvalue weighted by atomic mass is 10.2. The van der Waals surface area contributed by atoms with Gasteiger partial charge in [-0.05, 0) is 12.1 Å². The molecule has 1 aromatic rings. The number of carbonyl (C=O) groups excluding carboxylic acids is 1. The summed E-state index contributed by atoms with van der Waals surface area (Å²) in [7, 11) is 0. The summed E-state index contributed by atoms with van der Waals surface area (Å²) in [6.45, 7) is 0. The lowest BCUT2D eigenvalue weighted by Gasteiger charge is -2.13. The van der Waals surface area contributed by atoms with Crippen LogP contribution in [0.5, 0.6) is 0 Å². The lowest BCUT2D eigenvalue weighted by Crippen LogP contribution is -2.28. The fourth-order valence-corrected chi connectivity index (χ4v) is 2.08. The van der Waals surface area contributed by atoms with Crippen molar-refractivity contribution in [3.05, 3.63) is 34.4 Å². The third-order valence-electron chi connectivity index (χ3n) is 2.10. The second-order valence-electron chi connectivity index (χ2n) is 3.10. The minimum Gasteiger partial charge on any atom is -0.278 e. The molecule has 0 aromatic heterocycles. The topological polar surface area (TPSA) is 87.3 Å². The van der Waals surface area contributed by atoms with Crippen molar-refractivity contribution in [3.63, 3.8) is 0 Å². The van der Waals surface area contributed by atoms with Gasteiger partial charge in [-0.2, -0.15) is 0 Å². The van der Waals surface area contributed by atoms with Gasteiger partial charge in [0, 0.05) is 12.1 Å². The van der Waals surface area contributed by atoms with E-state index in [4.69, 9.17) is 5.41 Å². The smallest absolute Gasteiger partial charge is 0.269 e. The van der Waals surface area contributed by atoms with Crippen LogP contribution in [0.1, 0.15) is 0 Å². The molecule has 1 N–H and O–H groups in total. The van der Waals surface area contributed by atoms with Crippen LogP contribution in [0.4, 0.5) is 11.4 Å². The van der Waals surface area contributed by atoms with Gasteiger partial charge in [0.15, 0.2) is 5.17 Å². The summed E-state index contributed by atoms with van der Waals surface area (Å²) < 4.78 is 0. The van der Waals surface area contributed by atoms with E-state index in [0.29, 0.717) is 5.69 Å². The molecule has 0 saturated carbocycles. The van der Waals surface area contributed by atoms with Crippen LogP contribution in [0.25, 0.3) is 0 Å². The SMILES string of the molecule is N=C1SCC(=O)N1c1ccc([N+](=O)[O-])cc1. The zero-order chi connectivity index (χ0) is 11.7. The van der Waals surface area contributed by atoms with Crippen LogP contribution in [0.3, 0.4) is 0 Å². The number of amidine groups is 1. The number of nitro benzene ring substituents is 1. The number of hydrogen-bond acceptors (Lipinski definition) is 5. The minimum absolute atomic E-state index is 0.0328.